The first-order chi connectivity index (χ1) is 11.4. The summed E-state index contributed by atoms with van der Waals surface area (Å²) in [6.45, 7) is 6.03. The average Bonchev–Trinajstić information content (AvgIpc) is 2.83. The van der Waals surface area contributed by atoms with Gasteiger partial charge >= 0.3 is 5.97 Å². The molecule has 0 N–H and O–H groups in total. The van der Waals surface area contributed by atoms with Crippen molar-refractivity contribution in [3.63, 3.8) is 0 Å². The normalized spacial score (nSPS) is 12.0. The largest absolute Gasteiger partial charge is 0.497 e. The average molecular weight is 350 g/mol. The molecule has 0 aliphatic carbocycles. The van der Waals surface area contributed by atoms with Crippen LogP contribution < -0.4 is 9.54 Å². The van der Waals surface area contributed by atoms with Gasteiger partial charge in [-0.25, -0.2) is 0 Å². The van der Waals surface area contributed by atoms with Crippen molar-refractivity contribution in [2.24, 2.45) is 10.9 Å². The highest BCUT2D eigenvalue weighted by Gasteiger charge is 2.13. The van der Waals surface area contributed by atoms with E-state index >= 15 is 0 Å². The van der Waals surface area contributed by atoms with Gasteiger partial charge in [0.05, 0.1) is 23.9 Å². The predicted octanol–water partition coefficient (Wildman–Crippen LogP) is 2.75. The first-order valence-electron chi connectivity index (χ1n) is 7.85. The highest BCUT2D eigenvalue weighted by atomic mass is 32.1. The van der Waals surface area contributed by atoms with Crippen LogP contribution in [-0.4, -0.2) is 30.2 Å². The maximum Gasteiger partial charge on any atom is 0.326 e. The fourth-order valence-corrected chi connectivity index (χ4v) is 3.33. The Morgan fingerprint density at radius 1 is 1.33 bits per heavy atom. The number of carbonyl (C=O) groups excluding carboxylic acids is 2. The molecular formula is C17H22N2O4S. The molecule has 0 atom stereocenters. The molecule has 6 nitrogen and oxygen atoms in total. The summed E-state index contributed by atoms with van der Waals surface area (Å²) in [5.74, 6) is 0.397. The van der Waals surface area contributed by atoms with Crippen LogP contribution in [0, 0.1) is 5.92 Å². The van der Waals surface area contributed by atoms with E-state index in [1.807, 2.05) is 32.0 Å². The van der Waals surface area contributed by atoms with Crippen molar-refractivity contribution < 1.29 is 19.1 Å². The Morgan fingerprint density at radius 3 is 2.71 bits per heavy atom. The highest BCUT2D eigenvalue weighted by molar-refractivity contribution is 7.16. The van der Waals surface area contributed by atoms with Gasteiger partial charge in [-0.2, -0.15) is 4.99 Å². The molecule has 1 aromatic carbocycles. The summed E-state index contributed by atoms with van der Waals surface area (Å²) in [7, 11) is 1.60. The van der Waals surface area contributed by atoms with Crippen molar-refractivity contribution in [3.05, 3.63) is 23.0 Å². The summed E-state index contributed by atoms with van der Waals surface area (Å²) < 4.78 is 12.9. The summed E-state index contributed by atoms with van der Waals surface area (Å²) in [5.41, 5.74) is 0.824. The fraction of sp³-hybridized carbons (Fsp3) is 0.471. The van der Waals surface area contributed by atoms with Crippen LogP contribution in [0.1, 0.15) is 27.2 Å². The van der Waals surface area contributed by atoms with Gasteiger partial charge in [0.25, 0.3) is 0 Å². The second-order valence-electron chi connectivity index (χ2n) is 5.71. The van der Waals surface area contributed by atoms with Crippen LogP contribution in [0.5, 0.6) is 5.75 Å². The molecule has 0 fully saturated rings. The van der Waals surface area contributed by atoms with Crippen molar-refractivity contribution in [3.8, 4) is 5.75 Å². The van der Waals surface area contributed by atoms with Crippen LogP contribution in [-0.2, 0) is 20.9 Å². The predicted molar refractivity (Wildman–Crippen MR) is 93.0 cm³/mol. The number of carbonyl (C=O) groups is 2. The first-order valence-corrected chi connectivity index (χ1v) is 8.66. The van der Waals surface area contributed by atoms with Crippen LogP contribution in [0.4, 0.5) is 0 Å². The first kappa shape index (κ1) is 18.2. The Bertz CT molecular complexity index is 805. The summed E-state index contributed by atoms with van der Waals surface area (Å²) in [5, 5.41) is 0. The SMILES string of the molecule is CCOC(=O)Cn1c(=NC(=O)CC(C)C)sc2cc(OC)ccc21. The van der Waals surface area contributed by atoms with Gasteiger partial charge in [-0.15, -0.1) is 0 Å². The Kier molecular flexibility index (Phi) is 6.14. The number of rotatable bonds is 6. The van der Waals surface area contributed by atoms with Crippen LogP contribution >= 0.6 is 11.3 Å². The van der Waals surface area contributed by atoms with Crippen molar-refractivity contribution >= 4 is 33.4 Å². The third-order valence-corrected chi connectivity index (χ3v) is 4.33. The van der Waals surface area contributed by atoms with Crippen molar-refractivity contribution in [2.75, 3.05) is 13.7 Å². The summed E-state index contributed by atoms with van der Waals surface area (Å²) in [6.07, 6.45) is 0.372. The molecule has 0 bridgehead atoms. The molecule has 1 aromatic heterocycles. The molecule has 0 unspecified atom stereocenters. The minimum Gasteiger partial charge on any atom is -0.497 e. The summed E-state index contributed by atoms with van der Waals surface area (Å²) >= 11 is 1.36. The van der Waals surface area contributed by atoms with Gasteiger partial charge in [0.15, 0.2) is 4.80 Å². The number of esters is 1. The standard InChI is InChI=1S/C17H22N2O4S/c1-5-23-16(21)10-19-13-7-6-12(22-4)9-14(13)24-17(19)18-15(20)8-11(2)3/h6-7,9,11H,5,8,10H2,1-4H3. The van der Waals surface area contributed by atoms with Crippen LogP contribution in [0.3, 0.4) is 0 Å². The maximum absolute atomic E-state index is 12.1. The lowest BCUT2D eigenvalue weighted by atomic mass is 10.1. The topological polar surface area (TPSA) is 69.9 Å². The van der Waals surface area contributed by atoms with Crippen LogP contribution in [0.25, 0.3) is 10.2 Å². The zero-order valence-electron chi connectivity index (χ0n) is 14.4. The van der Waals surface area contributed by atoms with E-state index in [0.717, 1.165) is 10.2 Å². The Hall–Kier alpha value is -2.15. The number of ether oxygens (including phenoxy) is 2. The Balaban J connectivity index is 2.52. The number of thiazole rings is 1. The minimum absolute atomic E-state index is 0.0218. The van der Waals surface area contributed by atoms with Crippen molar-refractivity contribution in [1.82, 2.24) is 4.57 Å². The van der Waals surface area contributed by atoms with Gasteiger partial charge in [-0.1, -0.05) is 25.2 Å². The third-order valence-electron chi connectivity index (χ3n) is 3.29. The maximum atomic E-state index is 12.1. The van der Waals surface area contributed by atoms with E-state index in [1.54, 1.807) is 18.6 Å². The zero-order valence-corrected chi connectivity index (χ0v) is 15.2. The van der Waals surface area contributed by atoms with E-state index in [0.29, 0.717) is 23.6 Å². The minimum atomic E-state index is -0.356. The molecule has 0 radical (unpaired) electrons. The number of benzene rings is 1. The van der Waals surface area contributed by atoms with Crippen LogP contribution in [0.15, 0.2) is 23.2 Å². The molecule has 0 aliphatic rings. The lowest BCUT2D eigenvalue weighted by Crippen LogP contribution is -2.23. The lowest BCUT2D eigenvalue weighted by molar-refractivity contribution is -0.143. The van der Waals surface area contributed by atoms with E-state index in [4.69, 9.17) is 9.47 Å². The molecular weight excluding hydrogens is 328 g/mol. The molecule has 1 heterocycles. The quantitative estimate of drug-likeness (QED) is 0.751. The zero-order chi connectivity index (χ0) is 17.7. The van der Waals surface area contributed by atoms with E-state index < -0.39 is 0 Å². The van der Waals surface area contributed by atoms with Crippen molar-refractivity contribution in [2.45, 2.75) is 33.7 Å². The monoisotopic (exact) mass is 350 g/mol. The number of fused-ring (bicyclic) bond motifs is 1. The van der Waals surface area contributed by atoms with E-state index in [-0.39, 0.29) is 24.3 Å². The van der Waals surface area contributed by atoms with Gasteiger partial charge in [0, 0.05) is 6.42 Å². The molecule has 130 valence electrons. The molecule has 0 saturated carbocycles. The van der Waals surface area contributed by atoms with Gasteiger partial charge in [0.1, 0.15) is 12.3 Å². The van der Waals surface area contributed by atoms with E-state index in [9.17, 15) is 9.59 Å². The number of aromatic nitrogens is 1. The molecule has 1 amide bonds. The number of nitrogens with zero attached hydrogens (tertiary/aromatic N) is 2. The highest BCUT2D eigenvalue weighted by Crippen LogP contribution is 2.23. The second kappa shape index (κ2) is 8.10. The number of methoxy groups -OCH3 is 1. The smallest absolute Gasteiger partial charge is 0.326 e. The fourth-order valence-electron chi connectivity index (χ4n) is 2.26. The molecule has 0 spiro atoms. The molecule has 2 aromatic rings. The Labute approximate surface area is 144 Å². The number of amides is 1. The molecule has 24 heavy (non-hydrogen) atoms. The van der Waals surface area contributed by atoms with Gasteiger partial charge in [-0.05, 0) is 31.0 Å². The molecule has 7 heteroatoms. The Morgan fingerprint density at radius 2 is 2.08 bits per heavy atom. The van der Waals surface area contributed by atoms with E-state index in [2.05, 4.69) is 4.99 Å². The van der Waals surface area contributed by atoms with E-state index in [1.165, 1.54) is 11.3 Å². The molecule has 0 aliphatic heterocycles. The van der Waals surface area contributed by atoms with Gasteiger partial charge in [-0.3, -0.25) is 9.59 Å². The summed E-state index contributed by atoms with van der Waals surface area (Å²) in [6, 6.07) is 5.54. The number of hydrogen-bond donors (Lipinski definition) is 0. The number of hydrogen-bond acceptors (Lipinski definition) is 5. The van der Waals surface area contributed by atoms with Crippen LogP contribution in [0.2, 0.25) is 0 Å². The van der Waals surface area contributed by atoms with Gasteiger partial charge < -0.3 is 14.0 Å². The molecule has 2 rings (SSSR count). The lowest BCUT2D eigenvalue weighted by Gasteiger charge is -2.06. The summed E-state index contributed by atoms with van der Waals surface area (Å²) in [4.78, 5) is 28.7. The molecule has 0 saturated heterocycles. The second-order valence-corrected chi connectivity index (χ2v) is 6.72. The van der Waals surface area contributed by atoms with Gasteiger partial charge in [0.2, 0.25) is 5.91 Å². The third kappa shape index (κ3) is 4.44. The van der Waals surface area contributed by atoms with Crippen molar-refractivity contribution in [1.29, 1.82) is 0 Å².